The summed E-state index contributed by atoms with van der Waals surface area (Å²) in [4.78, 5) is 29.0. The number of anilines is 1. The van der Waals surface area contributed by atoms with Crippen LogP contribution in [-0.2, 0) is 16.4 Å². The monoisotopic (exact) mass is 635 g/mol. The molecule has 0 aliphatic rings. The summed E-state index contributed by atoms with van der Waals surface area (Å²) in [5.41, 5.74) is 9.00. The van der Waals surface area contributed by atoms with E-state index in [2.05, 4.69) is 0 Å². The number of carbonyl (C=O) groups excluding carboxylic acids is 2. The van der Waals surface area contributed by atoms with Crippen molar-refractivity contribution in [3.8, 4) is 0 Å². The molecule has 1 amide bonds. The molecule has 3 aromatic carbocycles. The largest absolute Gasteiger partial charge is 0.399 e. The lowest BCUT2D eigenvalue weighted by Crippen LogP contribution is -2.43. The minimum absolute atomic E-state index is 0.00913. The first-order chi connectivity index (χ1) is 21.3. The zero-order valence-corrected chi connectivity index (χ0v) is 28.1. The van der Waals surface area contributed by atoms with Crippen molar-refractivity contribution in [2.75, 3.05) is 31.9 Å². The van der Waals surface area contributed by atoms with E-state index in [0.717, 1.165) is 24.0 Å². The average Bonchev–Trinajstić information content (AvgIpc) is 3.00. The van der Waals surface area contributed by atoms with E-state index in [-0.39, 0.29) is 42.0 Å². The number of nitrogen functional groups attached to an aromatic ring is 1. The lowest BCUT2D eigenvalue weighted by Gasteiger charge is -2.30. The molecule has 9 heteroatoms. The predicted octanol–water partition coefficient (Wildman–Crippen LogP) is 5.98. The van der Waals surface area contributed by atoms with Gasteiger partial charge in [-0.1, -0.05) is 75.7 Å². The van der Waals surface area contributed by atoms with Gasteiger partial charge in [0.25, 0.3) is 5.91 Å². The summed E-state index contributed by atoms with van der Waals surface area (Å²) in [5, 5.41) is 11.6. The van der Waals surface area contributed by atoms with E-state index in [4.69, 9.17) is 5.73 Å². The Morgan fingerprint density at radius 1 is 0.867 bits per heavy atom. The molecule has 0 aliphatic carbocycles. The number of rotatable bonds is 17. The molecule has 0 aromatic heterocycles. The van der Waals surface area contributed by atoms with Gasteiger partial charge in [0, 0.05) is 49.4 Å². The van der Waals surface area contributed by atoms with Crippen LogP contribution in [-0.4, -0.2) is 66.7 Å². The number of amides is 1. The average molecular weight is 636 g/mol. The number of nitrogens with two attached hydrogens (primary N) is 1. The summed E-state index contributed by atoms with van der Waals surface area (Å²) in [6, 6.07) is 20.9. The number of hydrogen-bond donors (Lipinski definition) is 2. The molecule has 3 N–H and O–H groups in total. The summed E-state index contributed by atoms with van der Waals surface area (Å²) >= 11 is 0. The fourth-order valence-corrected chi connectivity index (χ4v) is 7.11. The molecular formula is C36H49N3O5S. The van der Waals surface area contributed by atoms with Crippen LogP contribution in [0, 0.1) is 18.8 Å². The molecule has 0 unspecified atom stereocenters. The molecule has 3 aromatic rings. The first-order valence-electron chi connectivity index (χ1n) is 15.9. The Kier molecular flexibility index (Phi) is 13.3. The Bertz CT molecular complexity index is 1500. The van der Waals surface area contributed by atoms with Crippen LogP contribution in [0.2, 0.25) is 0 Å². The number of benzene rings is 3. The van der Waals surface area contributed by atoms with Crippen molar-refractivity contribution in [1.29, 1.82) is 0 Å². The standard InChI is InChI=1S/C36H49N3O5S/c1-6-17-38(18-7-2)36(42)31-20-30(21-32(37)22-31)34(40)23-29(19-28-11-9-8-10-12-28)35(41)25-39(24-26(3)4)45(43,44)33-15-13-27(5)14-16-33/h8-16,20-22,26,29,35,41H,6-7,17-19,23-25,37H2,1-5H3/t29-,35-/m1/s1. The third-order valence-electron chi connectivity index (χ3n) is 7.75. The summed E-state index contributed by atoms with van der Waals surface area (Å²) in [6.07, 6.45) is 0.794. The van der Waals surface area contributed by atoms with Gasteiger partial charge in [-0.3, -0.25) is 9.59 Å². The third-order valence-corrected chi connectivity index (χ3v) is 9.60. The first-order valence-corrected chi connectivity index (χ1v) is 17.3. The highest BCUT2D eigenvalue weighted by Crippen LogP contribution is 2.25. The molecule has 0 spiro atoms. The second-order valence-corrected chi connectivity index (χ2v) is 14.2. The number of carbonyl (C=O) groups is 2. The van der Waals surface area contributed by atoms with Crippen LogP contribution in [0.3, 0.4) is 0 Å². The van der Waals surface area contributed by atoms with Gasteiger partial charge in [0.05, 0.1) is 11.0 Å². The van der Waals surface area contributed by atoms with Gasteiger partial charge in [0.1, 0.15) is 0 Å². The van der Waals surface area contributed by atoms with E-state index in [1.807, 2.05) is 65.0 Å². The topological polar surface area (TPSA) is 121 Å². The molecule has 45 heavy (non-hydrogen) atoms. The maximum Gasteiger partial charge on any atom is 0.253 e. The minimum Gasteiger partial charge on any atom is -0.399 e. The fourth-order valence-electron chi connectivity index (χ4n) is 5.49. The summed E-state index contributed by atoms with van der Waals surface area (Å²) in [5.74, 6) is -1.04. The van der Waals surface area contributed by atoms with E-state index in [0.29, 0.717) is 36.3 Å². The third kappa shape index (κ3) is 10.2. The Balaban J connectivity index is 1.93. The van der Waals surface area contributed by atoms with Crippen molar-refractivity contribution in [2.24, 2.45) is 11.8 Å². The second kappa shape index (κ2) is 16.7. The quantitative estimate of drug-likeness (QED) is 0.139. The van der Waals surface area contributed by atoms with E-state index < -0.39 is 22.0 Å². The predicted molar refractivity (Wildman–Crippen MR) is 181 cm³/mol. The Labute approximate surface area is 269 Å². The van der Waals surface area contributed by atoms with Gasteiger partial charge in [0.2, 0.25) is 10.0 Å². The Morgan fingerprint density at radius 2 is 1.47 bits per heavy atom. The Morgan fingerprint density at radius 3 is 2.04 bits per heavy atom. The molecule has 0 radical (unpaired) electrons. The van der Waals surface area contributed by atoms with Crippen molar-refractivity contribution in [3.05, 3.63) is 95.1 Å². The van der Waals surface area contributed by atoms with Crippen LogP contribution >= 0.6 is 0 Å². The molecule has 0 saturated heterocycles. The minimum atomic E-state index is -3.90. The maximum atomic E-state index is 13.8. The molecule has 0 fully saturated rings. The van der Waals surface area contributed by atoms with Crippen LogP contribution in [0.25, 0.3) is 0 Å². The zero-order chi connectivity index (χ0) is 33.1. The highest BCUT2D eigenvalue weighted by Gasteiger charge is 2.32. The Hall–Kier alpha value is -3.53. The van der Waals surface area contributed by atoms with Crippen LogP contribution in [0.1, 0.15) is 78.8 Å². The van der Waals surface area contributed by atoms with Gasteiger partial charge < -0.3 is 15.7 Å². The number of hydrogen-bond acceptors (Lipinski definition) is 6. The smallest absolute Gasteiger partial charge is 0.253 e. The van der Waals surface area contributed by atoms with Gasteiger partial charge in [-0.15, -0.1) is 0 Å². The SMILES string of the molecule is CCCN(CCC)C(=O)c1cc(N)cc(C(=O)C[C@@H](Cc2ccccc2)[C@H](O)CN(CC(C)C)S(=O)(=O)c2ccc(C)cc2)c1. The van der Waals surface area contributed by atoms with E-state index in [1.165, 1.54) is 4.31 Å². The summed E-state index contributed by atoms with van der Waals surface area (Å²) in [7, 11) is -3.90. The van der Waals surface area contributed by atoms with Crippen molar-refractivity contribution >= 4 is 27.4 Å². The van der Waals surface area contributed by atoms with Gasteiger partial charge >= 0.3 is 0 Å². The molecular weight excluding hydrogens is 586 g/mol. The number of Topliss-reactive ketones (excluding diaryl/α,β-unsaturated/α-hetero) is 1. The molecule has 8 nitrogen and oxygen atoms in total. The number of aliphatic hydroxyl groups is 1. The van der Waals surface area contributed by atoms with Gasteiger partial charge in [-0.25, -0.2) is 8.42 Å². The van der Waals surface area contributed by atoms with Crippen molar-refractivity contribution in [1.82, 2.24) is 9.21 Å². The molecule has 0 heterocycles. The number of aliphatic hydroxyl groups excluding tert-OH is 1. The molecule has 3 rings (SSSR count). The lowest BCUT2D eigenvalue weighted by atomic mass is 9.87. The molecule has 0 aliphatic heterocycles. The van der Waals surface area contributed by atoms with Crippen molar-refractivity contribution in [3.63, 3.8) is 0 Å². The molecule has 244 valence electrons. The van der Waals surface area contributed by atoms with E-state index in [9.17, 15) is 23.1 Å². The van der Waals surface area contributed by atoms with Crippen LogP contribution in [0.4, 0.5) is 5.69 Å². The number of nitrogens with zero attached hydrogens (tertiary/aromatic N) is 2. The second-order valence-electron chi connectivity index (χ2n) is 12.3. The van der Waals surface area contributed by atoms with Crippen LogP contribution < -0.4 is 5.73 Å². The van der Waals surface area contributed by atoms with Crippen LogP contribution in [0.5, 0.6) is 0 Å². The first kappa shape index (κ1) is 35.9. The maximum absolute atomic E-state index is 13.8. The highest BCUT2D eigenvalue weighted by atomic mass is 32.2. The fraction of sp³-hybridized carbons (Fsp3) is 0.444. The van der Waals surface area contributed by atoms with Gasteiger partial charge in [-0.05, 0) is 73.9 Å². The zero-order valence-electron chi connectivity index (χ0n) is 27.3. The number of sulfonamides is 1. The van der Waals surface area contributed by atoms with Gasteiger partial charge in [-0.2, -0.15) is 4.31 Å². The van der Waals surface area contributed by atoms with E-state index in [1.54, 1.807) is 47.4 Å². The van der Waals surface area contributed by atoms with Crippen molar-refractivity contribution < 1.29 is 23.1 Å². The molecule has 0 bridgehead atoms. The molecule has 0 saturated carbocycles. The summed E-state index contributed by atoms with van der Waals surface area (Å²) < 4.78 is 28.8. The number of ketones is 1. The van der Waals surface area contributed by atoms with Crippen LogP contribution in [0.15, 0.2) is 77.7 Å². The summed E-state index contributed by atoms with van der Waals surface area (Å²) in [6.45, 7) is 11.0. The molecule has 2 atom stereocenters. The van der Waals surface area contributed by atoms with Gasteiger partial charge in [0.15, 0.2) is 5.78 Å². The van der Waals surface area contributed by atoms with E-state index >= 15 is 0 Å². The normalized spacial score (nSPS) is 13.2. The van der Waals surface area contributed by atoms with Crippen molar-refractivity contribution in [2.45, 2.75) is 71.3 Å². The lowest BCUT2D eigenvalue weighted by molar-refractivity contribution is 0.0689. The highest BCUT2D eigenvalue weighted by molar-refractivity contribution is 7.89. The number of aryl methyl sites for hydroxylation is 1.